The van der Waals surface area contributed by atoms with Crippen LogP contribution in [0.2, 0.25) is 0 Å². The Balaban J connectivity index is 0.981. The van der Waals surface area contributed by atoms with Gasteiger partial charge < -0.3 is 19.3 Å². The summed E-state index contributed by atoms with van der Waals surface area (Å²) in [5, 5.41) is 2.47. The maximum atomic E-state index is 8.42. The van der Waals surface area contributed by atoms with Gasteiger partial charge in [-0.25, -0.2) is 0 Å². The molecule has 1 aromatic heterocycles. The van der Waals surface area contributed by atoms with E-state index in [0.717, 1.165) is 151 Å². The van der Waals surface area contributed by atoms with E-state index >= 15 is 0 Å². The van der Waals surface area contributed by atoms with E-state index < -0.39 is 13.4 Å². The average Bonchev–Trinajstić information content (AvgIpc) is 1.41. The minimum atomic E-state index is -0.425. The molecule has 0 N–H and O–H groups in total. The molecular weight excluding hydrogens is 1430 g/mol. The Labute approximate surface area is 695 Å². The molecule has 0 saturated carbocycles. The minimum absolute atomic E-state index is 0.143. The van der Waals surface area contributed by atoms with Crippen LogP contribution in [0.1, 0.15) is 132 Å². The summed E-state index contributed by atoms with van der Waals surface area (Å²) in [5.41, 5.74) is 34.3. The number of hydrogen-bond acceptors (Lipinski definition) is 5. The van der Waals surface area contributed by atoms with Gasteiger partial charge in [0, 0.05) is 71.9 Å². The summed E-state index contributed by atoms with van der Waals surface area (Å²) in [7, 11) is 0. The van der Waals surface area contributed by atoms with Crippen molar-refractivity contribution in [2.75, 3.05) is 9.80 Å². The predicted molar refractivity (Wildman–Crippen MR) is 503 cm³/mol. The predicted octanol–water partition coefficient (Wildman–Crippen LogP) is 27.0. The highest BCUT2D eigenvalue weighted by molar-refractivity contribution is 7.26. The number of benzene rings is 15. The van der Waals surface area contributed by atoms with Gasteiger partial charge in [-0.05, 0) is 163 Å². The standard InChI is InChI=1S/C110H96B2N2O2S/c1-106(2,3)76-55-73(56-77(62-76)107(4,5)6)74-59-87(75-57-78(108(7,8)9)63-79(58-75)109(10,11)12)103-90(61-74)111-89-60-72(67-35-21-16-22-36-67)51-54-94(89)115-104-98-93(66-95(116-103)99(104)111)113(100-81(68-37-23-17-24-38-68)46-33-47-82(100)69-39-25-18-26-40-69)91-64-80(110(13,14)15)65-92-97(91)112(98)88-53-52-86-85-45-31-32-50-96(85)117-105(86)102(88)114(92)101-83(70-41-27-19-28-42-70)48-34-49-84(101)71-43-29-20-30-44-71/h16-66H,1-15H3. The number of hydrogen-bond donors (Lipinski definition) is 0. The molecule has 0 amide bonds. The zero-order valence-electron chi connectivity index (χ0n) is 69.7. The lowest BCUT2D eigenvalue weighted by Crippen LogP contribution is -2.65. The van der Waals surface area contributed by atoms with Crippen molar-refractivity contribution in [2.24, 2.45) is 0 Å². The molecular formula is C110H96B2N2O2S. The first kappa shape index (κ1) is 73.7. The Morgan fingerprint density at radius 3 is 1.17 bits per heavy atom. The molecule has 5 heterocycles. The normalized spacial score (nSPS) is 13.5. The topological polar surface area (TPSA) is 24.9 Å². The zero-order valence-corrected chi connectivity index (χ0v) is 70.5. The first-order chi connectivity index (χ1) is 56.2. The highest BCUT2D eigenvalue weighted by Gasteiger charge is 2.52. The summed E-state index contributed by atoms with van der Waals surface area (Å²) in [6, 6.07) is 118. The second-order valence-electron chi connectivity index (χ2n) is 38.0. The molecule has 20 rings (SSSR count). The van der Waals surface area contributed by atoms with Gasteiger partial charge in [0.05, 0.1) is 21.8 Å². The SMILES string of the molecule is CC(C)(C)c1cc(-c2cc3c(c(-c4cc(C(C)(C)C)cc(C(C)(C)C)c4)c2)Oc2cc4c(c5c2B3c2cc(-c3ccccc3)ccc2O5)B2c3ccc5c(sc6ccccc65)c3N(c3c(-c5ccccc5)cccc3-c3ccccc3)c3cc(C(C)(C)C)cc(c32)N4c2c(-c3ccccc3)cccc2-c2ccccc2)cc(C(C)(C)C)c1. The van der Waals surface area contributed by atoms with Crippen LogP contribution in [-0.4, -0.2) is 13.4 Å². The van der Waals surface area contributed by atoms with Gasteiger partial charge >= 0.3 is 0 Å². The molecule has 570 valence electrons. The average molecular weight is 1530 g/mol. The van der Waals surface area contributed by atoms with Crippen LogP contribution in [0.4, 0.5) is 34.1 Å². The third kappa shape index (κ3) is 12.4. The number of fused-ring (bicyclic) bond motifs is 13. The van der Waals surface area contributed by atoms with Gasteiger partial charge in [0.2, 0.25) is 0 Å². The van der Waals surface area contributed by atoms with Crippen molar-refractivity contribution in [3.05, 3.63) is 337 Å². The third-order valence-electron chi connectivity index (χ3n) is 25.1. The van der Waals surface area contributed by atoms with Crippen molar-refractivity contribution >= 4 is 112 Å². The molecule has 0 atom stereocenters. The van der Waals surface area contributed by atoms with Gasteiger partial charge in [0.25, 0.3) is 13.4 Å². The summed E-state index contributed by atoms with van der Waals surface area (Å²) in [4.78, 5) is 5.42. The van der Waals surface area contributed by atoms with Crippen molar-refractivity contribution < 1.29 is 9.47 Å². The molecule has 0 aliphatic carbocycles. The molecule has 0 fully saturated rings. The molecule has 4 aliphatic heterocycles. The highest BCUT2D eigenvalue weighted by Crippen LogP contribution is 2.58. The van der Waals surface area contributed by atoms with Crippen molar-refractivity contribution in [1.82, 2.24) is 0 Å². The van der Waals surface area contributed by atoms with E-state index in [-0.39, 0.29) is 27.1 Å². The summed E-state index contributed by atoms with van der Waals surface area (Å²) >= 11 is 1.91. The molecule has 0 saturated heterocycles. The van der Waals surface area contributed by atoms with Crippen LogP contribution < -0.4 is 52.1 Å². The Hall–Kier alpha value is -12.2. The molecule has 0 unspecified atom stereocenters. The van der Waals surface area contributed by atoms with Crippen LogP contribution in [0.3, 0.4) is 0 Å². The van der Waals surface area contributed by atoms with Crippen molar-refractivity contribution in [3.8, 4) is 101 Å². The highest BCUT2D eigenvalue weighted by atomic mass is 32.1. The van der Waals surface area contributed by atoms with Crippen LogP contribution in [0, 0.1) is 0 Å². The van der Waals surface area contributed by atoms with Crippen molar-refractivity contribution in [2.45, 2.75) is 131 Å². The van der Waals surface area contributed by atoms with Crippen LogP contribution in [-0.2, 0) is 27.1 Å². The van der Waals surface area contributed by atoms with Gasteiger partial charge in [-0.1, -0.05) is 377 Å². The molecule has 0 radical (unpaired) electrons. The Morgan fingerprint density at radius 1 is 0.248 bits per heavy atom. The summed E-state index contributed by atoms with van der Waals surface area (Å²) < 4.78 is 19.3. The molecule has 4 nitrogen and oxygen atoms in total. The maximum absolute atomic E-state index is 8.42. The minimum Gasteiger partial charge on any atom is -0.459 e. The van der Waals surface area contributed by atoms with E-state index in [1.807, 2.05) is 11.3 Å². The van der Waals surface area contributed by atoms with E-state index in [0.29, 0.717) is 0 Å². The van der Waals surface area contributed by atoms with Crippen LogP contribution in [0.5, 0.6) is 23.0 Å². The van der Waals surface area contributed by atoms with Gasteiger partial charge in [-0.15, -0.1) is 11.3 Å². The molecule has 0 bridgehead atoms. The van der Waals surface area contributed by atoms with Crippen LogP contribution in [0.15, 0.2) is 309 Å². The monoisotopic (exact) mass is 1530 g/mol. The Bertz CT molecular complexity index is 6530. The number of ether oxygens (including phenoxy) is 2. The number of para-hydroxylation sites is 2. The van der Waals surface area contributed by atoms with E-state index in [4.69, 9.17) is 9.47 Å². The van der Waals surface area contributed by atoms with E-state index in [2.05, 4.69) is 423 Å². The number of nitrogens with zero attached hydrogens (tertiary/aromatic N) is 2. The fourth-order valence-electron chi connectivity index (χ4n) is 18.8. The number of thiophene rings is 1. The maximum Gasteiger partial charge on any atom is 0.260 e. The van der Waals surface area contributed by atoms with Crippen LogP contribution in [0.25, 0.3) is 98.1 Å². The summed E-state index contributed by atoms with van der Waals surface area (Å²) in [5.74, 6) is 3.24. The van der Waals surface area contributed by atoms with Crippen LogP contribution >= 0.6 is 11.3 Å². The fraction of sp³-hybridized carbons (Fsp3) is 0.182. The molecule has 16 aromatic rings. The molecule has 0 spiro atoms. The molecule has 117 heavy (non-hydrogen) atoms. The van der Waals surface area contributed by atoms with E-state index in [1.54, 1.807) is 0 Å². The second-order valence-corrected chi connectivity index (χ2v) is 39.0. The largest absolute Gasteiger partial charge is 0.459 e. The number of rotatable bonds is 9. The summed E-state index contributed by atoms with van der Waals surface area (Å²) in [6.45, 7) is 34.6. The van der Waals surface area contributed by atoms with Crippen molar-refractivity contribution in [1.29, 1.82) is 0 Å². The lowest BCUT2D eigenvalue weighted by atomic mass is 9.30. The molecule has 7 heteroatoms. The first-order valence-corrected chi connectivity index (χ1v) is 42.5. The quantitative estimate of drug-likeness (QED) is 0.135. The first-order valence-electron chi connectivity index (χ1n) is 41.7. The van der Waals surface area contributed by atoms with Gasteiger partial charge in [-0.3, -0.25) is 0 Å². The fourth-order valence-corrected chi connectivity index (χ4v) is 20.0. The molecule has 4 aliphatic rings. The third-order valence-corrected chi connectivity index (χ3v) is 26.3. The molecule has 15 aromatic carbocycles. The van der Waals surface area contributed by atoms with Gasteiger partial charge in [-0.2, -0.15) is 0 Å². The zero-order chi connectivity index (χ0) is 80.5. The van der Waals surface area contributed by atoms with Gasteiger partial charge in [0.15, 0.2) is 0 Å². The number of anilines is 6. The second kappa shape index (κ2) is 27.2. The Morgan fingerprint density at radius 2 is 0.667 bits per heavy atom. The lowest BCUT2D eigenvalue weighted by Gasteiger charge is -2.48. The van der Waals surface area contributed by atoms with Gasteiger partial charge in [0.1, 0.15) is 23.0 Å². The van der Waals surface area contributed by atoms with E-state index in [1.165, 1.54) is 64.5 Å². The van der Waals surface area contributed by atoms with E-state index in [9.17, 15) is 0 Å². The summed E-state index contributed by atoms with van der Waals surface area (Å²) in [6.07, 6.45) is 0. The Kier molecular flexibility index (Phi) is 17.2. The smallest absolute Gasteiger partial charge is 0.260 e. The lowest BCUT2D eigenvalue weighted by molar-refractivity contribution is 0.468. The van der Waals surface area contributed by atoms with Crippen molar-refractivity contribution in [3.63, 3.8) is 0 Å².